The van der Waals surface area contributed by atoms with E-state index in [9.17, 15) is 43.5 Å². The molecule has 1 fully saturated rings. The van der Waals surface area contributed by atoms with Crippen LogP contribution in [0.3, 0.4) is 0 Å². The number of carboxylic acid groups (broad SMARTS) is 1. The fourth-order valence-electron chi connectivity index (χ4n) is 6.43. The van der Waals surface area contributed by atoms with Crippen LogP contribution in [-0.2, 0) is 62.0 Å². The summed E-state index contributed by atoms with van der Waals surface area (Å²) in [5.74, 6) is -5.59. The molecule has 3 N–H and O–H groups in total. The van der Waals surface area contributed by atoms with Gasteiger partial charge in [-0.2, -0.15) is 0 Å². The molecule has 0 bridgehead atoms. The van der Waals surface area contributed by atoms with Crippen LogP contribution in [0.25, 0.3) is 0 Å². The second kappa shape index (κ2) is 26.2. The third kappa shape index (κ3) is 30.0. The van der Waals surface area contributed by atoms with Gasteiger partial charge in [-0.05, 0) is 117 Å². The zero-order valence-corrected chi connectivity index (χ0v) is 42.5. The Hall–Kier alpha value is -4.40. The van der Waals surface area contributed by atoms with E-state index in [4.69, 9.17) is 23.7 Å². The SMILES string of the molecule is CC(C)(C)OC(=O)CC[C@H](NC(=O)[C@@H](CCC(=O)OC(C)(C)C)NC(=O)CN1CCN(CC(=O)OC(C)(C)C)CCN(CC(=O)OC(C)(C)C)CCN(CC(=O)OC(C)(C)C)CC1)C(=O)O. The molecule has 0 aliphatic carbocycles. The van der Waals surface area contributed by atoms with Crippen molar-refractivity contribution in [1.82, 2.24) is 30.2 Å². The van der Waals surface area contributed by atoms with Crippen molar-refractivity contribution in [2.45, 2.75) is 170 Å². The predicted octanol–water partition coefficient (Wildman–Crippen LogP) is 2.53. The van der Waals surface area contributed by atoms with Gasteiger partial charge in [-0.3, -0.25) is 53.2 Å². The quantitative estimate of drug-likeness (QED) is 0.132. The molecule has 0 aromatic carbocycles. The van der Waals surface area contributed by atoms with Gasteiger partial charge < -0.3 is 39.4 Å². The number of carbonyl (C=O) groups excluding carboxylic acids is 7. The van der Waals surface area contributed by atoms with E-state index in [-0.39, 0.29) is 78.0 Å². The normalized spacial score (nSPS) is 16.9. The predicted molar refractivity (Wildman–Crippen MR) is 245 cm³/mol. The maximum atomic E-state index is 14.0. The van der Waals surface area contributed by atoms with Gasteiger partial charge in [0.2, 0.25) is 11.8 Å². The first kappa shape index (κ1) is 59.6. The third-order valence-corrected chi connectivity index (χ3v) is 9.00. The first-order valence-corrected chi connectivity index (χ1v) is 22.8. The molecule has 1 aliphatic rings. The molecule has 0 aromatic rings. The molecule has 1 saturated heterocycles. The van der Waals surface area contributed by atoms with Crippen LogP contribution in [0.2, 0.25) is 0 Å². The van der Waals surface area contributed by atoms with Gasteiger partial charge >= 0.3 is 35.8 Å². The number of rotatable bonds is 18. The average molecular weight is 943 g/mol. The highest BCUT2D eigenvalue weighted by Gasteiger charge is 2.31. The Kier molecular flexibility index (Phi) is 23.7. The largest absolute Gasteiger partial charge is 0.480 e. The Morgan fingerprint density at radius 1 is 0.409 bits per heavy atom. The lowest BCUT2D eigenvalue weighted by atomic mass is 10.1. The van der Waals surface area contributed by atoms with Crippen molar-refractivity contribution in [2.24, 2.45) is 0 Å². The molecule has 1 aliphatic heterocycles. The molecule has 0 aromatic heterocycles. The van der Waals surface area contributed by atoms with E-state index in [2.05, 4.69) is 10.6 Å². The molecule has 0 spiro atoms. The molecule has 20 heteroatoms. The minimum absolute atomic E-state index is 0.0380. The lowest BCUT2D eigenvalue weighted by Gasteiger charge is -2.34. The molecule has 2 atom stereocenters. The number of aliphatic carboxylic acids is 1. The molecule has 1 rings (SSSR count). The highest BCUT2D eigenvalue weighted by atomic mass is 16.6. The van der Waals surface area contributed by atoms with Crippen LogP contribution in [0.5, 0.6) is 0 Å². The zero-order valence-electron chi connectivity index (χ0n) is 42.5. The van der Waals surface area contributed by atoms with Crippen molar-refractivity contribution in [3.05, 3.63) is 0 Å². The Labute approximate surface area is 392 Å². The standard InChI is InChI=1S/C46H82N6O14/c1-42(2,3)62-35(54)18-16-32(40(59)48-33(41(60)61)17-19-36(55)63-43(4,5)6)47-34(53)28-49-20-22-50(29-37(56)64-44(7,8)9)24-26-52(31-39(58)66-46(13,14)15)27-25-51(23-21-49)30-38(57)65-45(10,11)12/h32-33H,16-31H2,1-15H3,(H,47,53)(H,48,59)(H,60,61)/t32-,33+/m1/s1. The number of nitrogens with zero attached hydrogens (tertiary/aromatic N) is 4. The molecular weight excluding hydrogens is 861 g/mol. The van der Waals surface area contributed by atoms with Gasteiger partial charge in [0.15, 0.2) is 0 Å². The molecular formula is C46H82N6O14. The maximum absolute atomic E-state index is 14.0. The van der Waals surface area contributed by atoms with Gasteiger partial charge in [-0.15, -0.1) is 0 Å². The Morgan fingerprint density at radius 3 is 0.939 bits per heavy atom. The van der Waals surface area contributed by atoms with Crippen molar-refractivity contribution < 1.29 is 67.1 Å². The first-order valence-electron chi connectivity index (χ1n) is 22.8. The number of esters is 5. The number of ether oxygens (including phenoxy) is 5. The maximum Gasteiger partial charge on any atom is 0.326 e. The van der Waals surface area contributed by atoms with E-state index >= 15 is 0 Å². The lowest BCUT2D eigenvalue weighted by Crippen LogP contribution is -2.54. The molecule has 0 radical (unpaired) electrons. The number of nitrogens with one attached hydrogen (secondary N) is 2. The van der Waals surface area contributed by atoms with Crippen molar-refractivity contribution in [2.75, 3.05) is 78.5 Å². The van der Waals surface area contributed by atoms with Crippen molar-refractivity contribution in [3.63, 3.8) is 0 Å². The van der Waals surface area contributed by atoms with E-state index in [1.807, 2.05) is 14.7 Å². The van der Waals surface area contributed by atoms with E-state index in [1.54, 1.807) is 109 Å². The summed E-state index contributed by atoms with van der Waals surface area (Å²) in [5, 5.41) is 15.0. The topological polar surface area (TPSA) is 240 Å². The average Bonchev–Trinajstić information content (AvgIpc) is 3.08. The molecule has 0 unspecified atom stereocenters. The Balaban J connectivity index is 3.51. The van der Waals surface area contributed by atoms with Gasteiger partial charge in [0.1, 0.15) is 40.1 Å². The molecule has 66 heavy (non-hydrogen) atoms. The number of hydrogen-bond donors (Lipinski definition) is 3. The van der Waals surface area contributed by atoms with Gasteiger partial charge in [0.25, 0.3) is 0 Å². The number of carbonyl (C=O) groups is 8. The second-order valence-electron chi connectivity index (χ2n) is 21.6. The smallest absolute Gasteiger partial charge is 0.326 e. The van der Waals surface area contributed by atoms with E-state index in [1.165, 1.54) is 0 Å². The minimum Gasteiger partial charge on any atom is -0.480 e. The lowest BCUT2D eigenvalue weighted by molar-refractivity contribution is -0.158. The van der Waals surface area contributed by atoms with Crippen molar-refractivity contribution in [3.8, 4) is 0 Å². The van der Waals surface area contributed by atoms with Gasteiger partial charge in [0, 0.05) is 65.2 Å². The molecule has 20 nitrogen and oxygen atoms in total. The minimum atomic E-state index is -1.52. The zero-order chi connectivity index (χ0) is 50.8. The summed E-state index contributed by atoms with van der Waals surface area (Å²) >= 11 is 0. The number of carboxylic acids is 1. The fourth-order valence-corrected chi connectivity index (χ4v) is 6.43. The van der Waals surface area contributed by atoms with Crippen LogP contribution in [0.1, 0.15) is 130 Å². The molecule has 0 saturated carbocycles. The highest BCUT2D eigenvalue weighted by molar-refractivity contribution is 5.91. The summed E-state index contributed by atoms with van der Waals surface area (Å²) in [7, 11) is 0. The third-order valence-electron chi connectivity index (χ3n) is 9.00. The van der Waals surface area contributed by atoms with Crippen molar-refractivity contribution in [1.29, 1.82) is 0 Å². The fraction of sp³-hybridized carbons (Fsp3) is 0.826. The van der Waals surface area contributed by atoms with Crippen LogP contribution in [-0.4, -0.2) is 191 Å². The van der Waals surface area contributed by atoms with E-state index in [0.29, 0.717) is 26.2 Å². The summed E-state index contributed by atoms with van der Waals surface area (Å²) in [6.45, 7) is 27.8. The molecule has 380 valence electrons. The van der Waals surface area contributed by atoms with Crippen LogP contribution in [0.15, 0.2) is 0 Å². The Morgan fingerprint density at radius 2 is 0.667 bits per heavy atom. The summed E-state index contributed by atoms with van der Waals surface area (Å²) < 4.78 is 27.6. The van der Waals surface area contributed by atoms with E-state index < -0.39 is 87.7 Å². The van der Waals surface area contributed by atoms with E-state index in [0.717, 1.165) is 0 Å². The summed E-state index contributed by atoms with van der Waals surface area (Å²) in [4.78, 5) is 112. The van der Waals surface area contributed by atoms with Gasteiger partial charge in [-0.25, -0.2) is 4.79 Å². The summed E-state index contributed by atoms with van der Waals surface area (Å²) in [6, 6.07) is -2.91. The highest BCUT2D eigenvalue weighted by Crippen LogP contribution is 2.15. The first-order chi connectivity index (χ1) is 30.0. The van der Waals surface area contributed by atoms with Crippen LogP contribution < -0.4 is 10.6 Å². The number of amides is 2. The van der Waals surface area contributed by atoms with Crippen LogP contribution >= 0.6 is 0 Å². The Bertz CT molecular complexity index is 1590. The van der Waals surface area contributed by atoms with Crippen molar-refractivity contribution >= 4 is 47.6 Å². The molecule has 2 amide bonds. The number of hydrogen-bond acceptors (Lipinski definition) is 17. The summed E-state index contributed by atoms with van der Waals surface area (Å²) in [6.07, 6.45) is -1.14. The van der Waals surface area contributed by atoms with Gasteiger partial charge in [0.05, 0.1) is 26.2 Å². The monoisotopic (exact) mass is 943 g/mol. The summed E-state index contributed by atoms with van der Waals surface area (Å²) in [5.41, 5.74) is -3.85. The van der Waals surface area contributed by atoms with Crippen LogP contribution in [0, 0.1) is 0 Å². The second-order valence-corrected chi connectivity index (χ2v) is 21.6. The van der Waals surface area contributed by atoms with Crippen LogP contribution in [0.4, 0.5) is 0 Å². The molecule has 1 heterocycles. The van der Waals surface area contributed by atoms with Gasteiger partial charge in [-0.1, -0.05) is 0 Å².